The first-order valence-electron chi connectivity index (χ1n) is 6.91. The highest BCUT2D eigenvalue weighted by molar-refractivity contribution is 5.48. The molecule has 0 aliphatic heterocycles. The van der Waals surface area contributed by atoms with Crippen molar-refractivity contribution in [3.63, 3.8) is 0 Å². The molecule has 3 heteroatoms. The number of aliphatic hydroxyl groups is 1. The lowest BCUT2D eigenvalue weighted by Gasteiger charge is -2.07. The Labute approximate surface area is 124 Å². The van der Waals surface area contributed by atoms with Crippen molar-refractivity contribution in [2.24, 2.45) is 0 Å². The smallest absolute Gasteiger partial charge is 0.143 e. The number of hydrogen-bond donors (Lipinski definition) is 1. The summed E-state index contributed by atoms with van der Waals surface area (Å²) >= 11 is 0. The first kappa shape index (κ1) is 15.1. The Morgan fingerprint density at radius 1 is 1.14 bits per heavy atom. The van der Waals surface area contributed by atoms with Crippen molar-refractivity contribution in [1.29, 1.82) is 0 Å². The highest BCUT2D eigenvalue weighted by atomic mass is 19.1. The van der Waals surface area contributed by atoms with Crippen LogP contribution in [0.5, 0.6) is 11.5 Å². The summed E-state index contributed by atoms with van der Waals surface area (Å²) in [6, 6.07) is 13.1. The van der Waals surface area contributed by atoms with E-state index >= 15 is 0 Å². The molecule has 1 N–H and O–H groups in total. The van der Waals surface area contributed by atoms with Gasteiger partial charge in [-0.25, -0.2) is 4.39 Å². The van der Waals surface area contributed by atoms with Gasteiger partial charge in [0.25, 0.3) is 0 Å². The zero-order chi connectivity index (χ0) is 15.1. The molecule has 0 aromatic heterocycles. The lowest BCUT2D eigenvalue weighted by molar-refractivity contribution is 0.221. The van der Waals surface area contributed by atoms with Crippen LogP contribution in [0.4, 0.5) is 4.39 Å². The molecule has 0 radical (unpaired) electrons. The number of para-hydroxylation sites is 1. The summed E-state index contributed by atoms with van der Waals surface area (Å²) in [6.45, 7) is 2.00. The minimum absolute atomic E-state index is 0.307. The van der Waals surface area contributed by atoms with Gasteiger partial charge in [-0.15, -0.1) is 0 Å². The number of hydrogen-bond acceptors (Lipinski definition) is 2. The average molecular weight is 284 g/mol. The van der Waals surface area contributed by atoms with Gasteiger partial charge in [0.15, 0.2) is 0 Å². The highest BCUT2D eigenvalue weighted by Crippen LogP contribution is 2.24. The Hall–Kier alpha value is -2.31. The standard InChI is InChI=1S/C18H17FO2/c1-2-5-16(20)11-8-14-6-3-4-7-18(14)21-17-12-9-15(19)10-13-17/h3-4,6-7,9-10,12-13,16,20H,2,5H2,1H3. The van der Waals surface area contributed by atoms with Gasteiger partial charge in [-0.05, 0) is 42.8 Å². The van der Waals surface area contributed by atoms with Gasteiger partial charge in [0.2, 0.25) is 0 Å². The van der Waals surface area contributed by atoms with Crippen molar-refractivity contribution >= 4 is 0 Å². The second-order valence-electron chi connectivity index (χ2n) is 4.63. The SMILES string of the molecule is CCCC(O)C#Cc1ccccc1Oc1ccc(F)cc1. The molecule has 0 bridgehead atoms. The molecule has 0 heterocycles. The molecule has 0 aliphatic rings. The maximum Gasteiger partial charge on any atom is 0.143 e. The Morgan fingerprint density at radius 3 is 2.57 bits per heavy atom. The van der Waals surface area contributed by atoms with Crippen molar-refractivity contribution in [3.05, 3.63) is 59.9 Å². The molecule has 0 fully saturated rings. The zero-order valence-electron chi connectivity index (χ0n) is 11.8. The van der Waals surface area contributed by atoms with Crippen molar-refractivity contribution in [1.82, 2.24) is 0 Å². The van der Waals surface area contributed by atoms with E-state index in [1.807, 2.05) is 25.1 Å². The van der Waals surface area contributed by atoms with Crippen LogP contribution in [0.25, 0.3) is 0 Å². The van der Waals surface area contributed by atoms with E-state index in [1.165, 1.54) is 12.1 Å². The van der Waals surface area contributed by atoms with Crippen LogP contribution in [-0.4, -0.2) is 11.2 Å². The topological polar surface area (TPSA) is 29.5 Å². The number of benzene rings is 2. The van der Waals surface area contributed by atoms with Crippen LogP contribution in [0.1, 0.15) is 25.3 Å². The van der Waals surface area contributed by atoms with Crippen LogP contribution in [-0.2, 0) is 0 Å². The summed E-state index contributed by atoms with van der Waals surface area (Å²) < 4.78 is 18.6. The highest BCUT2D eigenvalue weighted by Gasteiger charge is 2.03. The van der Waals surface area contributed by atoms with E-state index in [-0.39, 0.29) is 5.82 Å². The fourth-order valence-electron chi connectivity index (χ4n) is 1.80. The van der Waals surface area contributed by atoms with E-state index in [2.05, 4.69) is 11.8 Å². The van der Waals surface area contributed by atoms with Crippen LogP contribution in [0, 0.1) is 17.7 Å². The average Bonchev–Trinajstić information content (AvgIpc) is 2.49. The Balaban J connectivity index is 2.18. The van der Waals surface area contributed by atoms with Gasteiger partial charge >= 0.3 is 0 Å². The van der Waals surface area contributed by atoms with Crippen molar-refractivity contribution in [2.45, 2.75) is 25.9 Å². The lowest BCUT2D eigenvalue weighted by atomic mass is 10.1. The Morgan fingerprint density at radius 2 is 1.86 bits per heavy atom. The lowest BCUT2D eigenvalue weighted by Crippen LogP contribution is -2.01. The van der Waals surface area contributed by atoms with Gasteiger partial charge in [0.1, 0.15) is 23.4 Å². The molecule has 21 heavy (non-hydrogen) atoms. The molecule has 108 valence electrons. The number of halogens is 1. The minimum Gasteiger partial charge on any atom is -0.456 e. The monoisotopic (exact) mass is 284 g/mol. The van der Waals surface area contributed by atoms with E-state index < -0.39 is 6.10 Å². The Bertz CT molecular complexity index is 638. The molecule has 2 aromatic rings. The molecule has 2 nitrogen and oxygen atoms in total. The van der Waals surface area contributed by atoms with Gasteiger partial charge in [-0.3, -0.25) is 0 Å². The molecule has 0 saturated carbocycles. The van der Waals surface area contributed by atoms with E-state index in [4.69, 9.17) is 4.74 Å². The number of aliphatic hydroxyl groups excluding tert-OH is 1. The number of rotatable bonds is 4. The molecule has 0 saturated heterocycles. The first-order valence-corrected chi connectivity index (χ1v) is 6.91. The molecule has 2 aromatic carbocycles. The third-order valence-corrected chi connectivity index (χ3v) is 2.86. The van der Waals surface area contributed by atoms with Crippen LogP contribution in [0.15, 0.2) is 48.5 Å². The molecule has 0 spiro atoms. The molecule has 2 rings (SSSR count). The quantitative estimate of drug-likeness (QED) is 0.855. The molecular formula is C18H17FO2. The molecule has 1 atom stereocenters. The van der Waals surface area contributed by atoms with Gasteiger partial charge in [-0.2, -0.15) is 0 Å². The van der Waals surface area contributed by atoms with Crippen molar-refractivity contribution in [2.75, 3.05) is 0 Å². The fourth-order valence-corrected chi connectivity index (χ4v) is 1.80. The predicted molar refractivity (Wildman–Crippen MR) is 80.7 cm³/mol. The summed E-state index contributed by atoms with van der Waals surface area (Å²) in [5.41, 5.74) is 0.692. The summed E-state index contributed by atoms with van der Waals surface area (Å²) in [7, 11) is 0. The van der Waals surface area contributed by atoms with Gasteiger partial charge in [0.05, 0.1) is 5.56 Å². The second-order valence-corrected chi connectivity index (χ2v) is 4.63. The molecular weight excluding hydrogens is 267 g/mol. The summed E-state index contributed by atoms with van der Waals surface area (Å²) in [5.74, 6) is 6.55. The van der Waals surface area contributed by atoms with Gasteiger partial charge < -0.3 is 9.84 Å². The summed E-state index contributed by atoms with van der Waals surface area (Å²) in [6.07, 6.45) is 0.895. The minimum atomic E-state index is -0.631. The maximum absolute atomic E-state index is 12.9. The van der Waals surface area contributed by atoms with Crippen molar-refractivity contribution < 1.29 is 14.2 Å². The third-order valence-electron chi connectivity index (χ3n) is 2.86. The van der Waals surface area contributed by atoms with Crippen LogP contribution >= 0.6 is 0 Å². The van der Waals surface area contributed by atoms with E-state index in [9.17, 15) is 9.50 Å². The molecule has 0 amide bonds. The van der Waals surface area contributed by atoms with Gasteiger partial charge in [-0.1, -0.05) is 37.3 Å². The van der Waals surface area contributed by atoms with Crippen LogP contribution < -0.4 is 4.74 Å². The van der Waals surface area contributed by atoms with Crippen LogP contribution in [0.3, 0.4) is 0 Å². The Kier molecular flexibility index (Phi) is 5.36. The number of ether oxygens (including phenoxy) is 1. The maximum atomic E-state index is 12.9. The van der Waals surface area contributed by atoms with Crippen LogP contribution in [0.2, 0.25) is 0 Å². The normalized spacial score (nSPS) is 11.4. The van der Waals surface area contributed by atoms with Crippen molar-refractivity contribution in [3.8, 4) is 23.3 Å². The summed E-state index contributed by atoms with van der Waals surface area (Å²) in [4.78, 5) is 0. The van der Waals surface area contributed by atoms with Gasteiger partial charge in [0, 0.05) is 0 Å². The third kappa shape index (κ3) is 4.62. The molecule has 0 aliphatic carbocycles. The summed E-state index contributed by atoms with van der Waals surface area (Å²) in [5, 5.41) is 9.67. The van der Waals surface area contributed by atoms with E-state index in [0.29, 0.717) is 23.5 Å². The molecule has 1 unspecified atom stereocenters. The largest absolute Gasteiger partial charge is 0.456 e. The van der Waals surface area contributed by atoms with E-state index in [0.717, 1.165) is 6.42 Å². The first-order chi connectivity index (χ1) is 10.2. The van der Waals surface area contributed by atoms with E-state index in [1.54, 1.807) is 18.2 Å². The fraction of sp³-hybridized carbons (Fsp3) is 0.222. The second kappa shape index (κ2) is 7.47. The zero-order valence-corrected chi connectivity index (χ0v) is 11.8. The predicted octanol–water partition coefficient (Wildman–Crippen LogP) is 4.13.